The van der Waals surface area contributed by atoms with Crippen molar-refractivity contribution in [2.45, 2.75) is 52.5 Å². The van der Waals surface area contributed by atoms with Gasteiger partial charge in [-0.2, -0.15) is 5.10 Å². The SMILES string of the molecule is COCc1nn(C)cc1-c1cc2c(cc1C(F)F)N(c1cc(-c3ccnc(OCc4ccccc4)c3)cc3c1CN(C(C)=O)C3)CCC2. The van der Waals surface area contributed by atoms with Gasteiger partial charge in [-0.15, -0.1) is 0 Å². The average Bonchev–Trinajstić information content (AvgIpc) is 3.70. The van der Waals surface area contributed by atoms with Gasteiger partial charge in [0.15, 0.2) is 0 Å². The molecule has 0 fully saturated rings. The van der Waals surface area contributed by atoms with Gasteiger partial charge < -0.3 is 19.3 Å². The zero-order chi connectivity index (χ0) is 33.4. The van der Waals surface area contributed by atoms with Crippen molar-refractivity contribution in [2.75, 3.05) is 18.6 Å². The van der Waals surface area contributed by atoms with Gasteiger partial charge in [0.2, 0.25) is 11.8 Å². The molecule has 0 bridgehead atoms. The fraction of sp³-hybridized carbons (Fsp3) is 0.289. The molecule has 0 saturated heterocycles. The van der Waals surface area contributed by atoms with Crippen LogP contribution in [0, 0.1) is 0 Å². The van der Waals surface area contributed by atoms with Gasteiger partial charge in [0.05, 0.1) is 12.3 Å². The maximum atomic E-state index is 14.9. The normalized spacial score (nSPS) is 14.0. The summed E-state index contributed by atoms with van der Waals surface area (Å²) in [5.41, 5.74) is 9.37. The van der Waals surface area contributed by atoms with E-state index in [9.17, 15) is 13.6 Å². The number of fused-ring (bicyclic) bond motifs is 2. The van der Waals surface area contributed by atoms with Crippen molar-refractivity contribution in [3.8, 4) is 28.1 Å². The molecular formula is C38H37F2N5O3. The molecule has 7 rings (SSSR count). The summed E-state index contributed by atoms with van der Waals surface area (Å²) in [6.45, 7) is 3.80. The van der Waals surface area contributed by atoms with E-state index >= 15 is 0 Å². The summed E-state index contributed by atoms with van der Waals surface area (Å²) >= 11 is 0. The largest absolute Gasteiger partial charge is 0.473 e. The van der Waals surface area contributed by atoms with Crippen LogP contribution in [0.4, 0.5) is 20.2 Å². The first kappa shape index (κ1) is 31.5. The van der Waals surface area contributed by atoms with E-state index in [2.05, 4.69) is 27.1 Å². The monoisotopic (exact) mass is 649 g/mol. The Kier molecular flexibility index (Phi) is 8.66. The van der Waals surface area contributed by atoms with Crippen molar-refractivity contribution >= 4 is 17.3 Å². The van der Waals surface area contributed by atoms with Gasteiger partial charge in [0.1, 0.15) is 6.61 Å². The number of rotatable bonds is 9. The third-order valence-electron chi connectivity index (χ3n) is 9.14. The molecule has 0 N–H and O–H groups in total. The molecule has 2 aliphatic rings. The van der Waals surface area contributed by atoms with E-state index in [0.29, 0.717) is 48.9 Å². The molecule has 48 heavy (non-hydrogen) atoms. The first-order valence-electron chi connectivity index (χ1n) is 16.1. The Labute approximate surface area is 278 Å². The number of pyridine rings is 1. The number of carbonyl (C=O) groups excluding carboxylic acids is 1. The lowest BCUT2D eigenvalue weighted by Crippen LogP contribution is -2.26. The van der Waals surface area contributed by atoms with Crippen LogP contribution in [0.15, 0.2) is 79.1 Å². The van der Waals surface area contributed by atoms with Crippen molar-refractivity contribution in [2.24, 2.45) is 7.05 Å². The molecular weight excluding hydrogens is 612 g/mol. The Morgan fingerprint density at radius 2 is 1.77 bits per heavy atom. The molecule has 0 radical (unpaired) electrons. The molecule has 10 heteroatoms. The molecule has 0 saturated carbocycles. The molecule has 8 nitrogen and oxygen atoms in total. The van der Waals surface area contributed by atoms with Crippen LogP contribution in [0.25, 0.3) is 22.3 Å². The van der Waals surface area contributed by atoms with E-state index in [0.717, 1.165) is 57.6 Å². The molecule has 0 atom stereocenters. The third kappa shape index (κ3) is 6.15. The molecule has 246 valence electrons. The standard InChI is InChI=1S/C38H37F2N5O3/c1-24(46)44-19-29-14-28(26-11-12-41-37(17-26)48-22-25-8-5-4-6-9-25)16-36(32(29)21-44)45-13-7-10-27-15-30(31(38(39)40)18-35(27)45)33-20-43(2)42-34(33)23-47-3/h4-6,8-9,11-12,14-18,20,38H,7,10,13,19,21-23H2,1-3H3. The number of methoxy groups -OCH3 is 1. The Morgan fingerprint density at radius 1 is 0.938 bits per heavy atom. The summed E-state index contributed by atoms with van der Waals surface area (Å²) in [7, 11) is 3.35. The highest BCUT2D eigenvalue weighted by molar-refractivity contribution is 5.83. The summed E-state index contributed by atoms with van der Waals surface area (Å²) in [5, 5.41) is 4.47. The fourth-order valence-electron chi connectivity index (χ4n) is 6.84. The van der Waals surface area contributed by atoms with Gasteiger partial charge >= 0.3 is 0 Å². The maximum absolute atomic E-state index is 14.9. The van der Waals surface area contributed by atoms with Gasteiger partial charge in [-0.3, -0.25) is 9.48 Å². The third-order valence-corrected chi connectivity index (χ3v) is 9.14. The number of hydrogen-bond acceptors (Lipinski definition) is 6. The van der Waals surface area contributed by atoms with E-state index in [1.807, 2.05) is 53.4 Å². The second-order valence-electron chi connectivity index (χ2n) is 12.4. The predicted molar refractivity (Wildman–Crippen MR) is 180 cm³/mol. The molecule has 0 aliphatic carbocycles. The lowest BCUT2D eigenvalue weighted by atomic mass is 9.91. The number of benzene rings is 3. The van der Waals surface area contributed by atoms with Gasteiger partial charge in [-0.05, 0) is 76.6 Å². The van der Waals surface area contributed by atoms with E-state index in [-0.39, 0.29) is 18.1 Å². The van der Waals surface area contributed by atoms with Crippen LogP contribution in [0.3, 0.4) is 0 Å². The van der Waals surface area contributed by atoms with Crippen molar-refractivity contribution in [1.29, 1.82) is 0 Å². The van der Waals surface area contributed by atoms with E-state index in [1.54, 1.807) is 44.2 Å². The Balaban J connectivity index is 1.31. The highest BCUT2D eigenvalue weighted by atomic mass is 19.3. The minimum atomic E-state index is -2.69. The van der Waals surface area contributed by atoms with Crippen LogP contribution in [0.2, 0.25) is 0 Å². The van der Waals surface area contributed by atoms with Crippen LogP contribution in [-0.4, -0.2) is 39.2 Å². The lowest BCUT2D eigenvalue weighted by molar-refractivity contribution is -0.129. The highest BCUT2D eigenvalue weighted by Crippen LogP contribution is 2.45. The van der Waals surface area contributed by atoms with Gasteiger partial charge in [0.25, 0.3) is 6.43 Å². The summed E-state index contributed by atoms with van der Waals surface area (Å²) in [4.78, 5) is 21.0. The summed E-state index contributed by atoms with van der Waals surface area (Å²) in [6, 6.07) is 21.6. The number of anilines is 2. The van der Waals surface area contributed by atoms with Crippen molar-refractivity contribution in [3.05, 3.63) is 113 Å². The number of ether oxygens (including phenoxy) is 2. The number of hydrogen-bond donors (Lipinski definition) is 0. The number of aryl methyl sites for hydroxylation is 2. The van der Waals surface area contributed by atoms with Crippen molar-refractivity contribution < 1.29 is 23.0 Å². The Morgan fingerprint density at radius 3 is 2.54 bits per heavy atom. The van der Waals surface area contributed by atoms with Crippen molar-refractivity contribution in [1.82, 2.24) is 19.7 Å². The second kappa shape index (κ2) is 13.2. The van der Waals surface area contributed by atoms with Gasteiger partial charge in [0, 0.05) is 87.2 Å². The topological polar surface area (TPSA) is 72.7 Å². The average molecular weight is 650 g/mol. The molecule has 2 aliphatic heterocycles. The van der Waals surface area contributed by atoms with E-state index in [1.165, 1.54) is 0 Å². The van der Waals surface area contributed by atoms with E-state index in [4.69, 9.17) is 9.47 Å². The molecule has 2 aromatic heterocycles. The smallest absolute Gasteiger partial charge is 0.264 e. The Hall–Kier alpha value is -5.09. The number of nitrogens with zero attached hydrogens (tertiary/aromatic N) is 5. The quantitative estimate of drug-likeness (QED) is 0.163. The number of carbonyl (C=O) groups is 1. The number of alkyl halides is 2. The van der Waals surface area contributed by atoms with E-state index < -0.39 is 6.43 Å². The van der Waals surface area contributed by atoms with Crippen LogP contribution >= 0.6 is 0 Å². The molecule has 1 amide bonds. The minimum absolute atomic E-state index is 0.00813. The van der Waals surface area contributed by atoms with Gasteiger partial charge in [-0.1, -0.05) is 30.3 Å². The van der Waals surface area contributed by atoms with Crippen LogP contribution in [0.5, 0.6) is 5.88 Å². The maximum Gasteiger partial charge on any atom is 0.264 e. The Bertz CT molecular complexity index is 1980. The first-order valence-corrected chi connectivity index (χ1v) is 16.1. The molecule has 3 aromatic carbocycles. The zero-order valence-electron chi connectivity index (χ0n) is 27.2. The van der Waals surface area contributed by atoms with Crippen LogP contribution < -0.4 is 9.64 Å². The van der Waals surface area contributed by atoms with Crippen LogP contribution in [0.1, 0.15) is 53.3 Å². The molecule has 0 spiro atoms. The van der Waals surface area contributed by atoms with Gasteiger partial charge in [-0.25, -0.2) is 13.8 Å². The lowest BCUT2D eigenvalue weighted by Gasteiger charge is -2.34. The predicted octanol–water partition coefficient (Wildman–Crippen LogP) is 7.76. The summed E-state index contributed by atoms with van der Waals surface area (Å²) in [5.74, 6) is 0.496. The summed E-state index contributed by atoms with van der Waals surface area (Å²) in [6.07, 6.45) is 2.42. The summed E-state index contributed by atoms with van der Waals surface area (Å²) < 4.78 is 42.7. The van der Waals surface area contributed by atoms with Crippen molar-refractivity contribution in [3.63, 3.8) is 0 Å². The number of amides is 1. The fourth-order valence-corrected chi connectivity index (χ4v) is 6.84. The number of aromatic nitrogens is 3. The zero-order valence-corrected chi connectivity index (χ0v) is 27.2. The first-order chi connectivity index (χ1) is 23.3. The molecule has 5 aromatic rings. The highest BCUT2D eigenvalue weighted by Gasteiger charge is 2.31. The van der Waals surface area contributed by atoms with Crippen LogP contribution in [-0.2, 0) is 49.3 Å². The molecule has 0 unspecified atom stereocenters. The minimum Gasteiger partial charge on any atom is -0.473 e. The second-order valence-corrected chi connectivity index (χ2v) is 12.4. The number of halogens is 2. The molecule has 4 heterocycles.